The Bertz CT molecular complexity index is 1070. The van der Waals surface area contributed by atoms with Crippen LogP contribution in [0, 0.1) is 0 Å². The second-order valence-electron chi connectivity index (χ2n) is 8.16. The number of nitrogens with one attached hydrogen (secondary N) is 1. The van der Waals surface area contributed by atoms with Crippen molar-refractivity contribution in [2.75, 3.05) is 17.2 Å². The zero-order valence-corrected chi connectivity index (χ0v) is 20.7. The molecule has 164 valence electrons. The smallest absolute Gasteiger partial charge is 0.292 e. The predicted molar refractivity (Wildman–Crippen MR) is 128 cm³/mol. The Hall–Kier alpha value is -1.73. The Labute approximate surface area is 199 Å². The van der Waals surface area contributed by atoms with Gasteiger partial charge in [0.25, 0.3) is 5.24 Å². The van der Waals surface area contributed by atoms with Gasteiger partial charge in [0.1, 0.15) is 0 Å². The van der Waals surface area contributed by atoms with Gasteiger partial charge in [-0.2, -0.15) is 0 Å². The number of hydrogen-bond donors (Lipinski definition) is 1. The number of para-hydroxylation sites is 2. The van der Waals surface area contributed by atoms with Crippen LogP contribution in [0.4, 0.5) is 16.3 Å². The van der Waals surface area contributed by atoms with E-state index >= 15 is 0 Å². The third-order valence-electron chi connectivity index (χ3n) is 5.49. The highest BCUT2D eigenvalue weighted by Gasteiger charge is 2.30. The summed E-state index contributed by atoms with van der Waals surface area (Å²) >= 11 is 3.08. The number of thioether (sulfide) groups is 1. The van der Waals surface area contributed by atoms with E-state index in [0.717, 1.165) is 44.5 Å². The normalized spacial score (nSPS) is 12.8. The Morgan fingerprint density at radius 1 is 1.03 bits per heavy atom. The number of anilines is 2. The molecule has 4 rings (SSSR count). The Balaban J connectivity index is 0.00000272. The van der Waals surface area contributed by atoms with Crippen molar-refractivity contribution >= 4 is 51.2 Å². The second-order valence-corrected chi connectivity index (χ2v) is 10.3. The molecule has 1 aliphatic rings. The van der Waals surface area contributed by atoms with Crippen LogP contribution in [-0.2, 0) is 0 Å². The summed E-state index contributed by atoms with van der Waals surface area (Å²) in [6.07, 6.45) is 0. The van der Waals surface area contributed by atoms with Crippen LogP contribution in [0.25, 0.3) is 10.9 Å². The van der Waals surface area contributed by atoms with E-state index in [1.165, 1.54) is 16.7 Å². The molecule has 1 amide bonds. The van der Waals surface area contributed by atoms with Gasteiger partial charge in [-0.25, -0.2) is 4.98 Å². The summed E-state index contributed by atoms with van der Waals surface area (Å²) < 4.78 is 0. The lowest BCUT2D eigenvalue weighted by Crippen LogP contribution is -3.18. The minimum atomic E-state index is 0. The number of quaternary nitrogens is 1. The van der Waals surface area contributed by atoms with Gasteiger partial charge >= 0.3 is 0 Å². The molecule has 4 nitrogen and oxygen atoms in total. The molecule has 7 heteroatoms. The predicted octanol–water partition coefficient (Wildman–Crippen LogP) is 2.40. The maximum atomic E-state index is 13.4. The minimum Gasteiger partial charge on any atom is -1.00 e. The minimum absolute atomic E-state index is 0. The van der Waals surface area contributed by atoms with Crippen molar-refractivity contribution in [2.45, 2.75) is 49.6 Å². The molecule has 0 unspecified atom stereocenters. The lowest BCUT2D eigenvalue weighted by Gasteiger charge is -2.30. The SMILES string of the molecule is CC(C)[NH+](CCSC(=O)N1c2ccccc2Sc2cc3ccccc3nc21)C(C)C.[Cl-]. The fourth-order valence-corrected chi connectivity index (χ4v) is 5.92. The standard InChI is InChI=1S/C24H27N3OS2.ClH/c1-16(2)26(17(3)4)13-14-29-24(28)27-20-11-7-8-12-21(20)30-22-15-18-9-5-6-10-19(18)25-23(22)27;/h5-12,15-17H,13-14H2,1-4H3;1H. The maximum Gasteiger partial charge on any atom is 0.292 e. The zero-order valence-electron chi connectivity index (χ0n) is 18.3. The molecular formula is C24H28ClN3OS2. The summed E-state index contributed by atoms with van der Waals surface area (Å²) in [5.74, 6) is 1.53. The van der Waals surface area contributed by atoms with Crippen LogP contribution in [0.1, 0.15) is 27.7 Å². The molecule has 0 bridgehead atoms. The molecule has 3 aromatic rings. The molecule has 1 aliphatic heterocycles. The van der Waals surface area contributed by atoms with Crippen molar-refractivity contribution in [1.29, 1.82) is 0 Å². The van der Waals surface area contributed by atoms with Gasteiger partial charge in [-0.05, 0) is 52.0 Å². The van der Waals surface area contributed by atoms with Gasteiger partial charge < -0.3 is 17.3 Å². The van der Waals surface area contributed by atoms with Crippen LogP contribution in [0.5, 0.6) is 0 Å². The van der Waals surface area contributed by atoms with Crippen molar-refractivity contribution in [3.8, 4) is 0 Å². The third-order valence-corrected chi connectivity index (χ3v) is 7.41. The molecule has 0 spiro atoms. The van der Waals surface area contributed by atoms with E-state index < -0.39 is 0 Å². The first-order chi connectivity index (χ1) is 14.5. The molecule has 1 aromatic heterocycles. The van der Waals surface area contributed by atoms with Crippen LogP contribution < -0.4 is 22.2 Å². The molecule has 0 atom stereocenters. The first-order valence-corrected chi connectivity index (χ1v) is 12.2. The fourth-order valence-electron chi connectivity index (χ4n) is 4.03. The lowest BCUT2D eigenvalue weighted by atomic mass is 10.2. The van der Waals surface area contributed by atoms with Crippen molar-refractivity contribution in [1.82, 2.24) is 4.98 Å². The summed E-state index contributed by atoms with van der Waals surface area (Å²) in [5.41, 5.74) is 1.83. The molecule has 31 heavy (non-hydrogen) atoms. The largest absolute Gasteiger partial charge is 1.00 e. The number of amides is 1. The fraction of sp³-hybridized carbons (Fsp3) is 0.333. The average Bonchev–Trinajstić information content (AvgIpc) is 2.72. The highest BCUT2D eigenvalue weighted by Crippen LogP contribution is 2.48. The van der Waals surface area contributed by atoms with E-state index in [1.54, 1.807) is 11.8 Å². The molecular weight excluding hydrogens is 446 g/mol. The molecule has 0 radical (unpaired) electrons. The van der Waals surface area contributed by atoms with E-state index in [-0.39, 0.29) is 17.6 Å². The highest BCUT2D eigenvalue weighted by molar-refractivity contribution is 8.14. The molecule has 0 aliphatic carbocycles. The number of carbonyl (C=O) groups excluding carboxylic acids is 1. The summed E-state index contributed by atoms with van der Waals surface area (Å²) in [5, 5.41) is 1.13. The van der Waals surface area contributed by atoms with E-state index in [4.69, 9.17) is 4.98 Å². The molecule has 0 fully saturated rings. The highest BCUT2D eigenvalue weighted by atomic mass is 35.5. The Morgan fingerprint density at radius 3 is 2.45 bits per heavy atom. The summed E-state index contributed by atoms with van der Waals surface area (Å²) in [6.45, 7) is 9.93. The van der Waals surface area contributed by atoms with Gasteiger partial charge in [-0.1, -0.05) is 53.9 Å². The number of rotatable bonds is 5. The van der Waals surface area contributed by atoms with Gasteiger partial charge in [-0.15, -0.1) is 0 Å². The van der Waals surface area contributed by atoms with Crippen LogP contribution in [0.15, 0.2) is 64.4 Å². The zero-order chi connectivity index (χ0) is 21.3. The van der Waals surface area contributed by atoms with Crippen LogP contribution in [0.2, 0.25) is 0 Å². The first-order valence-electron chi connectivity index (χ1n) is 10.4. The molecule has 0 saturated carbocycles. The Kier molecular flexibility index (Phi) is 7.92. The summed E-state index contributed by atoms with van der Waals surface area (Å²) in [4.78, 5) is 23.7. The summed E-state index contributed by atoms with van der Waals surface area (Å²) in [7, 11) is 0. The monoisotopic (exact) mass is 473 g/mol. The average molecular weight is 474 g/mol. The lowest BCUT2D eigenvalue weighted by molar-refractivity contribution is -0.939. The van der Waals surface area contributed by atoms with Crippen molar-refractivity contribution in [2.24, 2.45) is 0 Å². The first kappa shape index (κ1) is 23.9. The third kappa shape index (κ3) is 5.03. The van der Waals surface area contributed by atoms with Crippen LogP contribution in [0.3, 0.4) is 0 Å². The number of pyridine rings is 1. The van der Waals surface area contributed by atoms with E-state index in [2.05, 4.69) is 45.9 Å². The van der Waals surface area contributed by atoms with E-state index in [9.17, 15) is 4.79 Å². The van der Waals surface area contributed by atoms with Gasteiger partial charge in [0.15, 0.2) is 5.82 Å². The number of aromatic nitrogens is 1. The van der Waals surface area contributed by atoms with Crippen LogP contribution >= 0.6 is 23.5 Å². The van der Waals surface area contributed by atoms with Gasteiger partial charge in [0.2, 0.25) is 0 Å². The van der Waals surface area contributed by atoms with Gasteiger partial charge in [-0.3, -0.25) is 9.69 Å². The van der Waals surface area contributed by atoms with Crippen molar-refractivity contribution in [3.05, 3.63) is 54.6 Å². The maximum absolute atomic E-state index is 13.4. The molecule has 2 aromatic carbocycles. The van der Waals surface area contributed by atoms with E-state index in [1.807, 2.05) is 41.3 Å². The van der Waals surface area contributed by atoms with Crippen molar-refractivity contribution in [3.63, 3.8) is 0 Å². The van der Waals surface area contributed by atoms with Gasteiger partial charge in [0, 0.05) is 10.3 Å². The van der Waals surface area contributed by atoms with Crippen LogP contribution in [-0.4, -0.2) is 34.6 Å². The second kappa shape index (κ2) is 10.3. The number of benzene rings is 2. The van der Waals surface area contributed by atoms with Gasteiger partial charge in [0.05, 0.1) is 40.5 Å². The Morgan fingerprint density at radius 2 is 1.71 bits per heavy atom. The molecule has 2 heterocycles. The van der Waals surface area contributed by atoms with Crippen molar-refractivity contribution < 1.29 is 22.1 Å². The molecule has 1 N–H and O–H groups in total. The number of nitrogens with zero attached hydrogens (tertiary/aromatic N) is 2. The molecule has 0 saturated heterocycles. The summed E-state index contributed by atoms with van der Waals surface area (Å²) in [6, 6.07) is 19.4. The quantitative estimate of drug-likeness (QED) is 0.617. The number of fused-ring (bicyclic) bond motifs is 3. The number of carbonyl (C=O) groups is 1. The van der Waals surface area contributed by atoms with E-state index in [0.29, 0.717) is 12.1 Å². The number of halogens is 1. The topological polar surface area (TPSA) is 37.6 Å². The number of hydrogen-bond acceptors (Lipinski definition) is 4.